The Bertz CT molecular complexity index is 729. The van der Waals surface area contributed by atoms with Gasteiger partial charge in [-0.05, 0) is 25.3 Å². The van der Waals surface area contributed by atoms with Crippen molar-refractivity contribution in [1.82, 2.24) is 20.5 Å². The normalized spacial score (nSPS) is 17.1. The monoisotopic (exact) mass is 342 g/mol. The molecule has 1 aromatic heterocycles. The van der Waals surface area contributed by atoms with E-state index in [9.17, 15) is 9.59 Å². The van der Waals surface area contributed by atoms with E-state index in [0.717, 1.165) is 12.8 Å². The minimum absolute atomic E-state index is 0.0950. The van der Waals surface area contributed by atoms with Crippen molar-refractivity contribution in [2.45, 2.75) is 38.6 Å². The molecule has 7 heteroatoms. The zero-order valence-corrected chi connectivity index (χ0v) is 14.3. The van der Waals surface area contributed by atoms with E-state index in [1.807, 2.05) is 23.1 Å². The standard InChI is InChI=1S/C18H22N4O3/c1-13-16(21-25-20-13)11-17(23)19-15-10-18(24)22(12-15)9-5-8-14-6-3-2-4-7-14/h2-4,6-7,15H,5,8-12H2,1H3,(H,19,23)/t15-/m0/s1. The van der Waals surface area contributed by atoms with Crippen LogP contribution in [-0.4, -0.2) is 46.2 Å². The lowest BCUT2D eigenvalue weighted by Gasteiger charge is -2.17. The maximum Gasteiger partial charge on any atom is 0.226 e. The second-order valence-electron chi connectivity index (χ2n) is 6.37. The molecule has 1 aliphatic rings. The molecular weight excluding hydrogens is 320 g/mol. The van der Waals surface area contributed by atoms with Crippen molar-refractivity contribution in [3.63, 3.8) is 0 Å². The van der Waals surface area contributed by atoms with Crippen molar-refractivity contribution >= 4 is 11.8 Å². The lowest BCUT2D eigenvalue weighted by atomic mass is 10.1. The van der Waals surface area contributed by atoms with Gasteiger partial charge >= 0.3 is 0 Å². The van der Waals surface area contributed by atoms with Gasteiger partial charge in [0.1, 0.15) is 11.4 Å². The Kier molecular flexibility index (Phi) is 5.42. The summed E-state index contributed by atoms with van der Waals surface area (Å²) in [4.78, 5) is 26.0. The van der Waals surface area contributed by atoms with Crippen LogP contribution in [0.25, 0.3) is 0 Å². The topological polar surface area (TPSA) is 88.3 Å². The summed E-state index contributed by atoms with van der Waals surface area (Å²) < 4.78 is 4.59. The fraction of sp³-hybridized carbons (Fsp3) is 0.444. The van der Waals surface area contributed by atoms with Gasteiger partial charge in [0.15, 0.2) is 0 Å². The fourth-order valence-electron chi connectivity index (χ4n) is 3.04. The average molecular weight is 342 g/mol. The maximum atomic E-state index is 12.1. The zero-order chi connectivity index (χ0) is 17.6. The van der Waals surface area contributed by atoms with Crippen molar-refractivity contribution in [2.24, 2.45) is 0 Å². The summed E-state index contributed by atoms with van der Waals surface area (Å²) in [6.45, 7) is 3.02. The number of amides is 2. The Balaban J connectivity index is 1.42. The van der Waals surface area contributed by atoms with Crippen LogP contribution in [-0.2, 0) is 22.4 Å². The molecule has 2 amide bonds. The van der Waals surface area contributed by atoms with Gasteiger partial charge in [0.05, 0.1) is 12.5 Å². The smallest absolute Gasteiger partial charge is 0.226 e. The minimum atomic E-state index is -0.164. The Hall–Kier alpha value is -2.70. The molecular formula is C18H22N4O3. The highest BCUT2D eigenvalue weighted by Gasteiger charge is 2.30. The number of carbonyl (C=O) groups is 2. The van der Waals surface area contributed by atoms with E-state index in [0.29, 0.717) is 30.9 Å². The van der Waals surface area contributed by atoms with Crippen LogP contribution in [0.4, 0.5) is 0 Å². The van der Waals surface area contributed by atoms with Crippen molar-refractivity contribution in [1.29, 1.82) is 0 Å². The van der Waals surface area contributed by atoms with Gasteiger partial charge in [0.2, 0.25) is 11.8 Å². The molecule has 0 unspecified atom stereocenters. The van der Waals surface area contributed by atoms with Gasteiger partial charge in [-0.2, -0.15) is 0 Å². The van der Waals surface area contributed by atoms with Crippen LogP contribution < -0.4 is 5.32 Å². The summed E-state index contributed by atoms with van der Waals surface area (Å²) in [5.41, 5.74) is 2.41. The molecule has 1 atom stereocenters. The molecule has 1 N–H and O–H groups in total. The van der Waals surface area contributed by atoms with E-state index < -0.39 is 0 Å². The number of hydrogen-bond donors (Lipinski definition) is 1. The summed E-state index contributed by atoms with van der Waals surface area (Å²) in [5, 5.41) is 10.3. The van der Waals surface area contributed by atoms with Crippen LogP contribution in [0.1, 0.15) is 29.8 Å². The van der Waals surface area contributed by atoms with Crippen molar-refractivity contribution < 1.29 is 14.2 Å². The molecule has 1 aliphatic heterocycles. The molecule has 25 heavy (non-hydrogen) atoms. The average Bonchev–Trinajstić information content (AvgIpc) is 3.14. The number of hydrogen-bond acceptors (Lipinski definition) is 5. The summed E-state index contributed by atoms with van der Waals surface area (Å²) in [7, 11) is 0. The molecule has 132 valence electrons. The SMILES string of the molecule is Cc1nonc1CC(=O)N[C@H]1CC(=O)N(CCCc2ccccc2)C1. The van der Waals surface area contributed by atoms with Crippen molar-refractivity contribution in [3.8, 4) is 0 Å². The molecule has 2 aromatic rings. The summed E-state index contributed by atoms with van der Waals surface area (Å²) in [6, 6.07) is 10.1. The molecule has 3 rings (SSSR count). The second kappa shape index (κ2) is 7.92. The molecule has 1 fully saturated rings. The largest absolute Gasteiger partial charge is 0.351 e. The number of nitrogens with zero attached hydrogens (tertiary/aromatic N) is 3. The Labute approximate surface area is 146 Å². The van der Waals surface area contributed by atoms with Gasteiger partial charge in [-0.15, -0.1) is 0 Å². The first kappa shape index (κ1) is 17.1. The molecule has 7 nitrogen and oxygen atoms in total. The van der Waals surface area contributed by atoms with Gasteiger partial charge in [-0.25, -0.2) is 4.63 Å². The molecule has 0 spiro atoms. The van der Waals surface area contributed by atoms with Crippen LogP contribution in [0.15, 0.2) is 35.0 Å². The van der Waals surface area contributed by atoms with E-state index in [-0.39, 0.29) is 24.3 Å². The predicted molar refractivity (Wildman–Crippen MR) is 90.6 cm³/mol. The highest BCUT2D eigenvalue weighted by Crippen LogP contribution is 2.13. The van der Waals surface area contributed by atoms with Crippen molar-refractivity contribution in [2.75, 3.05) is 13.1 Å². The number of nitrogens with one attached hydrogen (secondary N) is 1. The van der Waals surface area contributed by atoms with Gasteiger partial charge in [0, 0.05) is 19.5 Å². The summed E-state index contributed by atoms with van der Waals surface area (Å²) in [6.07, 6.45) is 2.33. The van der Waals surface area contributed by atoms with Crippen molar-refractivity contribution in [3.05, 3.63) is 47.3 Å². The number of aromatic nitrogens is 2. The van der Waals surface area contributed by atoms with E-state index in [1.165, 1.54) is 5.56 Å². The minimum Gasteiger partial charge on any atom is -0.351 e. The van der Waals surface area contributed by atoms with Gasteiger partial charge in [-0.1, -0.05) is 40.6 Å². The molecule has 0 bridgehead atoms. The van der Waals surface area contributed by atoms with Crippen LogP contribution in [0, 0.1) is 6.92 Å². The number of carbonyl (C=O) groups excluding carboxylic acids is 2. The third kappa shape index (κ3) is 4.65. The quantitative estimate of drug-likeness (QED) is 0.819. The first-order chi connectivity index (χ1) is 12.1. The third-order valence-corrected chi connectivity index (χ3v) is 4.39. The lowest BCUT2D eigenvalue weighted by Crippen LogP contribution is -2.38. The molecule has 0 radical (unpaired) electrons. The Morgan fingerprint density at radius 2 is 2.12 bits per heavy atom. The number of aryl methyl sites for hydroxylation is 2. The van der Waals surface area contributed by atoms with E-state index in [4.69, 9.17) is 0 Å². The summed E-state index contributed by atoms with van der Waals surface area (Å²) in [5.74, 6) is -0.0691. The highest BCUT2D eigenvalue weighted by molar-refractivity contribution is 5.83. The van der Waals surface area contributed by atoms with Gasteiger partial charge in [0.25, 0.3) is 0 Å². The Morgan fingerprint density at radius 1 is 1.32 bits per heavy atom. The number of rotatable bonds is 7. The maximum absolute atomic E-state index is 12.1. The number of benzene rings is 1. The van der Waals surface area contributed by atoms with Crippen LogP contribution >= 0.6 is 0 Å². The molecule has 0 aliphatic carbocycles. The first-order valence-corrected chi connectivity index (χ1v) is 8.51. The second-order valence-corrected chi connectivity index (χ2v) is 6.37. The van der Waals surface area contributed by atoms with Gasteiger partial charge < -0.3 is 10.2 Å². The third-order valence-electron chi connectivity index (χ3n) is 4.39. The van der Waals surface area contributed by atoms with Crippen LogP contribution in [0.5, 0.6) is 0 Å². The van der Waals surface area contributed by atoms with Gasteiger partial charge in [-0.3, -0.25) is 9.59 Å². The van der Waals surface area contributed by atoms with E-state index >= 15 is 0 Å². The lowest BCUT2D eigenvalue weighted by molar-refractivity contribution is -0.127. The van der Waals surface area contributed by atoms with E-state index in [2.05, 4.69) is 32.4 Å². The fourth-order valence-corrected chi connectivity index (χ4v) is 3.04. The van der Waals surface area contributed by atoms with E-state index in [1.54, 1.807) is 6.92 Å². The Morgan fingerprint density at radius 3 is 2.84 bits per heavy atom. The predicted octanol–water partition coefficient (Wildman–Crippen LogP) is 1.27. The zero-order valence-electron chi connectivity index (χ0n) is 14.3. The molecule has 1 saturated heterocycles. The molecule has 1 aromatic carbocycles. The van der Waals surface area contributed by atoms with Crippen LogP contribution in [0.3, 0.4) is 0 Å². The first-order valence-electron chi connectivity index (χ1n) is 8.51. The summed E-state index contributed by atoms with van der Waals surface area (Å²) >= 11 is 0. The van der Waals surface area contributed by atoms with Crippen LogP contribution in [0.2, 0.25) is 0 Å². The number of likely N-dealkylation sites (tertiary alicyclic amines) is 1. The molecule has 2 heterocycles. The molecule has 0 saturated carbocycles. The highest BCUT2D eigenvalue weighted by atomic mass is 16.6.